The van der Waals surface area contributed by atoms with E-state index in [4.69, 9.17) is 0 Å². The lowest BCUT2D eigenvalue weighted by Crippen LogP contribution is -2.13. The van der Waals surface area contributed by atoms with Crippen molar-refractivity contribution in [2.45, 2.75) is 11.8 Å². The van der Waals surface area contributed by atoms with Gasteiger partial charge in [-0.25, -0.2) is 14.4 Å². The van der Waals surface area contributed by atoms with Crippen LogP contribution in [-0.2, 0) is 7.05 Å². The first-order valence-corrected chi connectivity index (χ1v) is 11.0. The summed E-state index contributed by atoms with van der Waals surface area (Å²) in [6.07, 6.45) is 5.40. The van der Waals surface area contributed by atoms with Crippen molar-refractivity contribution >= 4 is 17.4 Å². The second-order valence-corrected chi connectivity index (χ2v) is 8.36. The molecule has 0 radical (unpaired) electrons. The van der Waals surface area contributed by atoms with E-state index in [1.54, 1.807) is 29.2 Å². The highest BCUT2D eigenvalue weighted by molar-refractivity contribution is 5.65. The molecule has 0 spiro atoms. The monoisotopic (exact) mass is 455 g/mol. The van der Waals surface area contributed by atoms with Gasteiger partial charge in [0, 0.05) is 56.0 Å². The number of pyridine rings is 1. The van der Waals surface area contributed by atoms with Gasteiger partial charge in [-0.1, -0.05) is 12.1 Å². The van der Waals surface area contributed by atoms with Crippen molar-refractivity contribution in [3.8, 4) is 11.3 Å². The van der Waals surface area contributed by atoms with Crippen LogP contribution in [0.4, 0.5) is 16.2 Å². The number of aryl methyl sites for hydroxylation is 1. The predicted octanol–water partition coefficient (Wildman–Crippen LogP) is 3.27. The second-order valence-electron chi connectivity index (χ2n) is 8.36. The molecule has 34 heavy (non-hydrogen) atoms. The van der Waals surface area contributed by atoms with Gasteiger partial charge in [-0.15, -0.1) is 10.2 Å². The molecule has 2 atom stereocenters. The molecule has 0 aliphatic carbocycles. The van der Waals surface area contributed by atoms with Crippen molar-refractivity contribution in [1.29, 1.82) is 0 Å². The topological polar surface area (TPSA) is 97.9 Å². The molecule has 170 valence electrons. The smallest absolute Gasteiger partial charge is 0.228 e. The average molecular weight is 456 g/mol. The molecular formula is C24H22FN9. The summed E-state index contributed by atoms with van der Waals surface area (Å²) in [7, 11) is 1.85. The van der Waals surface area contributed by atoms with Gasteiger partial charge in [-0.05, 0) is 35.9 Å². The molecule has 1 aromatic carbocycles. The Labute approximate surface area is 194 Å². The van der Waals surface area contributed by atoms with E-state index in [9.17, 15) is 4.39 Å². The molecule has 0 amide bonds. The molecule has 10 heteroatoms. The van der Waals surface area contributed by atoms with E-state index in [1.807, 2.05) is 48.0 Å². The van der Waals surface area contributed by atoms with Crippen LogP contribution in [0, 0.1) is 5.82 Å². The van der Waals surface area contributed by atoms with Gasteiger partial charge in [0.25, 0.3) is 0 Å². The fourth-order valence-electron chi connectivity index (χ4n) is 4.55. The van der Waals surface area contributed by atoms with E-state index in [1.165, 1.54) is 6.07 Å². The first-order chi connectivity index (χ1) is 16.7. The number of anilines is 2. The quantitative estimate of drug-likeness (QED) is 0.420. The summed E-state index contributed by atoms with van der Waals surface area (Å²) in [4.78, 5) is 8.96. The summed E-state index contributed by atoms with van der Waals surface area (Å²) in [6, 6.07) is 14.5. The Balaban J connectivity index is 1.30. The lowest BCUT2D eigenvalue weighted by atomic mass is 9.88. The van der Waals surface area contributed by atoms with Gasteiger partial charge in [0.05, 0.1) is 11.9 Å². The van der Waals surface area contributed by atoms with Crippen LogP contribution < -0.4 is 10.6 Å². The zero-order valence-electron chi connectivity index (χ0n) is 18.4. The Kier molecular flexibility index (Phi) is 4.99. The van der Waals surface area contributed by atoms with Crippen LogP contribution in [0.15, 0.2) is 67.1 Å². The zero-order chi connectivity index (χ0) is 23.1. The molecule has 1 fully saturated rings. The highest BCUT2D eigenvalue weighted by Crippen LogP contribution is 2.35. The van der Waals surface area contributed by atoms with E-state index in [-0.39, 0.29) is 17.7 Å². The Morgan fingerprint density at radius 1 is 1.03 bits per heavy atom. The minimum atomic E-state index is -0.221. The number of halogens is 1. The highest BCUT2D eigenvalue weighted by Gasteiger charge is 2.33. The van der Waals surface area contributed by atoms with Gasteiger partial charge in [0.1, 0.15) is 17.5 Å². The Hall–Kier alpha value is -4.18. The fraction of sp³-hybridized carbons (Fsp3) is 0.208. The molecule has 1 saturated heterocycles. The minimum absolute atomic E-state index is 0.0939. The molecule has 9 nitrogen and oxygen atoms in total. The average Bonchev–Trinajstić information content (AvgIpc) is 3.59. The fourth-order valence-corrected chi connectivity index (χ4v) is 4.55. The Morgan fingerprint density at radius 3 is 2.79 bits per heavy atom. The normalized spacial score (nSPS) is 17.9. The first kappa shape index (κ1) is 20.4. The van der Waals surface area contributed by atoms with E-state index in [0.717, 1.165) is 47.2 Å². The number of fused-ring (bicyclic) bond motifs is 1. The number of rotatable bonds is 5. The number of hydrogen-bond acceptors (Lipinski definition) is 7. The standard InChI is InChI=1S/C24H22FN9/c1-33-21(6-9-28-33)30-24-27-8-5-20(29-24)16-7-10-34-22(12-16)31-32-23(34)19-14-26-13-18(19)15-3-2-4-17(25)11-15/h2-12,18-19,26H,13-14H2,1H3,(H,27,29,30)/t18-,19+/m1/s1. The van der Waals surface area contributed by atoms with E-state index in [2.05, 4.69) is 35.9 Å². The molecule has 1 aliphatic heterocycles. The lowest BCUT2D eigenvalue weighted by molar-refractivity contribution is 0.598. The van der Waals surface area contributed by atoms with Crippen molar-refractivity contribution in [2.24, 2.45) is 7.05 Å². The van der Waals surface area contributed by atoms with Gasteiger partial charge < -0.3 is 10.6 Å². The van der Waals surface area contributed by atoms with Crippen molar-refractivity contribution in [2.75, 3.05) is 18.4 Å². The molecule has 0 bridgehead atoms. The van der Waals surface area contributed by atoms with Crippen LogP contribution in [0.5, 0.6) is 0 Å². The molecule has 1 aliphatic rings. The first-order valence-electron chi connectivity index (χ1n) is 11.0. The maximum atomic E-state index is 13.8. The van der Waals surface area contributed by atoms with Crippen LogP contribution in [-0.4, -0.2) is 47.4 Å². The van der Waals surface area contributed by atoms with Gasteiger partial charge in [-0.3, -0.25) is 9.08 Å². The maximum absolute atomic E-state index is 13.8. The summed E-state index contributed by atoms with van der Waals surface area (Å²) >= 11 is 0. The maximum Gasteiger partial charge on any atom is 0.228 e. The number of aromatic nitrogens is 7. The molecular weight excluding hydrogens is 433 g/mol. The van der Waals surface area contributed by atoms with Gasteiger partial charge in [0.15, 0.2) is 5.65 Å². The van der Waals surface area contributed by atoms with Gasteiger partial charge in [0.2, 0.25) is 5.95 Å². The second kappa shape index (κ2) is 8.31. The van der Waals surface area contributed by atoms with Crippen molar-refractivity contribution in [3.05, 3.63) is 84.3 Å². The van der Waals surface area contributed by atoms with Crippen LogP contribution in [0.1, 0.15) is 23.2 Å². The minimum Gasteiger partial charge on any atom is -0.315 e. The molecule has 0 unspecified atom stereocenters. The number of hydrogen-bond donors (Lipinski definition) is 2. The third-order valence-electron chi connectivity index (χ3n) is 6.27. The van der Waals surface area contributed by atoms with Crippen LogP contribution in [0.25, 0.3) is 16.9 Å². The Bertz CT molecular complexity index is 1470. The van der Waals surface area contributed by atoms with Crippen LogP contribution in [0.3, 0.4) is 0 Å². The summed E-state index contributed by atoms with van der Waals surface area (Å²) < 4.78 is 17.6. The molecule has 0 saturated carbocycles. The van der Waals surface area contributed by atoms with Gasteiger partial charge >= 0.3 is 0 Å². The number of nitrogens with zero attached hydrogens (tertiary/aromatic N) is 7. The molecule has 6 rings (SSSR count). The summed E-state index contributed by atoms with van der Waals surface area (Å²) in [5.74, 6) is 2.15. The molecule has 4 aromatic heterocycles. The Morgan fingerprint density at radius 2 is 1.94 bits per heavy atom. The zero-order valence-corrected chi connectivity index (χ0v) is 18.4. The summed E-state index contributed by atoms with van der Waals surface area (Å²) in [5.41, 5.74) is 3.38. The van der Waals surface area contributed by atoms with Crippen molar-refractivity contribution < 1.29 is 4.39 Å². The summed E-state index contributed by atoms with van der Waals surface area (Å²) in [5, 5.41) is 19.7. The third-order valence-corrected chi connectivity index (χ3v) is 6.27. The summed E-state index contributed by atoms with van der Waals surface area (Å²) in [6.45, 7) is 1.53. The third kappa shape index (κ3) is 3.67. The molecule has 5 aromatic rings. The lowest BCUT2D eigenvalue weighted by Gasteiger charge is -2.17. The van der Waals surface area contributed by atoms with E-state index < -0.39 is 0 Å². The number of benzene rings is 1. The van der Waals surface area contributed by atoms with Crippen molar-refractivity contribution in [1.82, 2.24) is 39.7 Å². The molecule has 2 N–H and O–H groups in total. The van der Waals surface area contributed by atoms with E-state index in [0.29, 0.717) is 5.95 Å². The predicted molar refractivity (Wildman–Crippen MR) is 125 cm³/mol. The largest absolute Gasteiger partial charge is 0.315 e. The number of nitrogens with one attached hydrogen (secondary N) is 2. The SMILES string of the molecule is Cn1nccc1Nc1nccc(-c2ccn3c([C@H]4CNC[C@@H]4c4cccc(F)c4)nnc3c2)n1. The van der Waals surface area contributed by atoms with Gasteiger partial charge in [-0.2, -0.15) is 5.10 Å². The van der Waals surface area contributed by atoms with Crippen LogP contribution >= 0.6 is 0 Å². The highest BCUT2D eigenvalue weighted by atomic mass is 19.1. The molecule has 5 heterocycles. The van der Waals surface area contributed by atoms with Crippen LogP contribution in [0.2, 0.25) is 0 Å². The van der Waals surface area contributed by atoms with E-state index >= 15 is 0 Å². The van der Waals surface area contributed by atoms with Crippen molar-refractivity contribution in [3.63, 3.8) is 0 Å².